The minimum Gasteiger partial charge on any atom is -0.351 e. The number of amides is 2. The van der Waals surface area contributed by atoms with E-state index >= 15 is 0 Å². The van der Waals surface area contributed by atoms with Gasteiger partial charge in [0.25, 0.3) is 11.8 Å². The molecule has 2 aromatic carbocycles. The number of nitrogens with one attached hydrogen (secondary N) is 1. The fourth-order valence-electron chi connectivity index (χ4n) is 3.69. The minimum atomic E-state index is -0.0503. The predicted molar refractivity (Wildman–Crippen MR) is 116 cm³/mol. The van der Waals surface area contributed by atoms with Gasteiger partial charge in [0, 0.05) is 47.7 Å². The molecule has 5 nitrogen and oxygen atoms in total. The number of H-pyrrole nitrogens is 1. The van der Waals surface area contributed by atoms with Crippen LogP contribution in [0.3, 0.4) is 0 Å². The van der Waals surface area contributed by atoms with Crippen LogP contribution in [0.1, 0.15) is 46.2 Å². The standard InChI is InChI=1S/C23H24ClN3O2/c1-15(2)16-3-5-17(6-4-16)22(28)26-9-11-27(12-10-26)23(29)21-14-18-13-19(24)7-8-20(18)25-21/h3-8,13-15,25H,9-12H2,1-2H3. The smallest absolute Gasteiger partial charge is 0.270 e. The molecule has 0 saturated carbocycles. The normalized spacial score (nSPS) is 14.6. The van der Waals surface area contributed by atoms with Crippen molar-refractivity contribution >= 4 is 34.3 Å². The van der Waals surface area contributed by atoms with Crippen molar-refractivity contribution < 1.29 is 9.59 Å². The number of benzene rings is 2. The molecule has 1 aromatic heterocycles. The number of carbonyl (C=O) groups excluding carboxylic acids is 2. The lowest BCUT2D eigenvalue weighted by molar-refractivity contribution is 0.0533. The van der Waals surface area contributed by atoms with Crippen molar-refractivity contribution in [1.82, 2.24) is 14.8 Å². The number of piperazine rings is 1. The third-order valence-corrected chi connectivity index (χ3v) is 5.73. The fourth-order valence-corrected chi connectivity index (χ4v) is 3.88. The minimum absolute atomic E-state index is 0.0210. The molecule has 0 radical (unpaired) electrons. The van der Waals surface area contributed by atoms with Crippen molar-refractivity contribution in [1.29, 1.82) is 0 Å². The topological polar surface area (TPSA) is 56.4 Å². The van der Waals surface area contributed by atoms with Gasteiger partial charge in [-0.05, 0) is 47.9 Å². The van der Waals surface area contributed by atoms with Gasteiger partial charge >= 0.3 is 0 Å². The van der Waals surface area contributed by atoms with Crippen LogP contribution in [0.15, 0.2) is 48.5 Å². The van der Waals surface area contributed by atoms with Gasteiger partial charge in [0.1, 0.15) is 5.69 Å². The Morgan fingerprint density at radius 1 is 0.897 bits per heavy atom. The van der Waals surface area contributed by atoms with Crippen LogP contribution in [0.5, 0.6) is 0 Å². The van der Waals surface area contributed by atoms with Crippen molar-refractivity contribution in [2.45, 2.75) is 19.8 Å². The molecule has 1 fully saturated rings. The summed E-state index contributed by atoms with van der Waals surface area (Å²) in [6.45, 7) is 6.37. The summed E-state index contributed by atoms with van der Waals surface area (Å²) < 4.78 is 0. The van der Waals surface area contributed by atoms with E-state index in [1.807, 2.05) is 47.4 Å². The fraction of sp³-hybridized carbons (Fsp3) is 0.304. The van der Waals surface area contributed by atoms with Gasteiger partial charge in [-0.1, -0.05) is 37.6 Å². The molecular weight excluding hydrogens is 386 g/mol. The van der Waals surface area contributed by atoms with Gasteiger partial charge < -0.3 is 14.8 Å². The van der Waals surface area contributed by atoms with Crippen LogP contribution in [0, 0.1) is 0 Å². The van der Waals surface area contributed by atoms with E-state index in [0.29, 0.717) is 48.4 Å². The van der Waals surface area contributed by atoms with Crippen molar-refractivity contribution in [3.05, 3.63) is 70.4 Å². The van der Waals surface area contributed by atoms with Crippen molar-refractivity contribution in [2.75, 3.05) is 26.2 Å². The molecule has 6 heteroatoms. The maximum atomic E-state index is 12.9. The third-order valence-electron chi connectivity index (χ3n) is 5.49. The molecule has 1 saturated heterocycles. The van der Waals surface area contributed by atoms with Crippen LogP contribution >= 0.6 is 11.6 Å². The number of fused-ring (bicyclic) bond motifs is 1. The Hall–Kier alpha value is -2.79. The molecule has 1 aliphatic heterocycles. The molecule has 29 heavy (non-hydrogen) atoms. The quantitative estimate of drug-likeness (QED) is 0.690. The summed E-state index contributed by atoms with van der Waals surface area (Å²) in [4.78, 5) is 32.4. The van der Waals surface area contributed by atoms with E-state index in [0.717, 1.165) is 10.9 Å². The largest absolute Gasteiger partial charge is 0.351 e. The van der Waals surface area contributed by atoms with Crippen LogP contribution in [0.2, 0.25) is 5.02 Å². The first kappa shape index (κ1) is 19.5. The average molecular weight is 410 g/mol. The second-order valence-electron chi connectivity index (χ2n) is 7.78. The molecule has 0 spiro atoms. The van der Waals surface area contributed by atoms with Gasteiger partial charge in [-0.2, -0.15) is 0 Å². The highest BCUT2D eigenvalue weighted by Gasteiger charge is 2.26. The molecule has 1 aliphatic rings. The number of aromatic amines is 1. The van der Waals surface area contributed by atoms with Gasteiger partial charge in [-0.15, -0.1) is 0 Å². The molecule has 1 N–H and O–H groups in total. The van der Waals surface area contributed by atoms with Crippen molar-refractivity contribution in [2.24, 2.45) is 0 Å². The predicted octanol–water partition coefficient (Wildman–Crippen LogP) is 4.54. The van der Waals surface area contributed by atoms with E-state index in [9.17, 15) is 9.59 Å². The van der Waals surface area contributed by atoms with E-state index in [-0.39, 0.29) is 11.8 Å². The molecule has 0 unspecified atom stereocenters. The summed E-state index contributed by atoms with van der Waals surface area (Å²) in [5.41, 5.74) is 3.35. The number of hydrogen-bond acceptors (Lipinski definition) is 2. The number of hydrogen-bond donors (Lipinski definition) is 1. The maximum absolute atomic E-state index is 12.9. The molecular formula is C23H24ClN3O2. The maximum Gasteiger partial charge on any atom is 0.270 e. The van der Waals surface area contributed by atoms with E-state index < -0.39 is 0 Å². The Balaban J connectivity index is 1.40. The summed E-state index contributed by atoms with van der Waals surface area (Å²) in [5.74, 6) is 0.410. The summed E-state index contributed by atoms with van der Waals surface area (Å²) in [6, 6.07) is 15.2. The summed E-state index contributed by atoms with van der Waals surface area (Å²) in [6.07, 6.45) is 0. The summed E-state index contributed by atoms with van der Waals surface area (Å²) in [5, 5.41) is 1.56. The molecule has 4 rings (SSSR count). The summed E-state index contributed by atoms with van der Waals surface area (Å²) >= 11 is 6.03. The van der Waals surface area contributed by atoms with Gasteiger partial charge in [0.05, 0.1) is 0 Å². The van der Waals surface area contributed by atoms with Crippen molar-refractivity contribution in [3.63, 3.8) is 0 Å². The zero-order valence-corrected chi connectivity index (χ0v) is 17.4. The molecule has 0 aliphatic carbocycles. The van der Waals surface area contributed by atoms with E-state index in [1.54, 1.807) is 11.0 Å². The Kier molecular flexibility index (Phi) is 5.33. The highest BCUT2D eigenvalue weighted by atomic mass is 35.5. The second-order valence-corrected chi connectivity index (χ2v) is 8.21. The monoisotopic (exact) mass is 409 g/mol. The molecule has 2 heterocycles. The van der Waals surface area contributed by atoms with Gasteiger partial charge in [-0.25, -0.2) is 0 Å². The lowest BCUT2D eigenvalue weighted by atomic mass is 10.0. The number of halogens is 1. The first-order chi connectivity index (χ1) is 13.9. The number of aromatic nitrogens is 1. The van der Waals surface area contributed by atoms with E-state index in [1.165, 1.54) is 5.56 Å². The van der Waals surface area contributed by atoms with Gasteiger partial charge in [-0.3, -0.25) is 9.59 Å². The SMILES string of the molecule is CC(C)c1ccc(C(=O)N2CCN(C(=O)c3cc4cc(Cl)ccc4[nH]3)CC2)cc1. The molecule has 0 bridgehead atoms. The average Bonchev–Trinajstić information content (AvgIpc) is 3.16. The van der Waals surface area contributed by atoms with Gasteiger partial charge in [0.2, 0.25) is 0 Å². The lowest BCUT2D eigenvalue weighted by Crippen LogP contribution is -2.50. The second kappa shape index (κ2) is 7.91. The highest BCUT2D eigenvalue weighted by Crippen LogP contribution is 2.22. The van der Waals surface area contributed by atoms with Crippen LogP contribution < -0.4 is 0 Å². The third kappa shape index (κ3) is 4.01. The molecule has 3 aromatic rings. The van der Waals surface area contributed by atoms with Crippen LogP contribution in [-0.2, 0) is 0 Å². The Labute approximate surface area is 175 Å². The molecule has 150 valence electrons. The zero-order chi connectivity index (χ0) is 20.5. The Morgan fingerprint density at radius 2 is 1.52 bits per heavy atom. The summed E-state index contributed by atoms with van der Waals surface area (Å²) in [7, 11) is 0. The first-order valence-corrected chi connectivity index (χ1v) is 10.3. The Morgan fingerprint density at radius 3 is 2.14 bits per heavy atom. The Bertz CT molecular complexity index is 1050. The first-order valence-electron chi connectivity index (χ1n) is 9.89. The lowest BCUT2D eigenvalue weighted by Gasteiger charge is -2.34. The molecule has 0 atom stereocenters. The number of carbonyl (C=O) groups is 2. The highest BCUT2D eigenvalue weighted by molar-refractivity contribution is 6.31. The number of nitrogens with zero attached hydrogens (tertiary/aromatic N) is 2. The van der Waals surface area contributed by atoms with Crippen LogP contribution in [-0.4, -0.2) is 52.8 Å². The van der Waals surface area contributed by atoms with E-state index in [2.05, 4.69) is 18.8 Å². The zero-order valence-electron chi connectivity index (χ0n) is 16.6. The number of rotatable bonds is 3. The van der Waals surface area contributed by atoms with Crippen molar-refractivity contribution in [3.8, 4) is 0 Å². The molecule has 2 amide bonds. The van der Waals surface area contributed by atoms with Crippen LogP contribution in [0.4, 0.5) is 0 Å². The van der Waals surface area contributed by atoms with E-state index in [4.69, 9.17) is 11.6 Å². The van der Waals surface area contributed by atoms with Gasteiger partial charge in [0.15, 0.2) is 0 Å². The van der Waals surface area contributed by atoms with Crippen LogP contribution in [0.25, 0.3) is 10.9 Å².